The van der Waals surface area contributed by atoms with E-state index in [0.29, 0.717) is 60.7 Å². The maximum absolute atomic E-state index is 14.9. The van der Waals surface area contributed by atoms with Crippen LogP contribution in [0.5, 0.6) is 0 Å². The van der Waals surface area contributed by atoms with Crippen LogP contribution in [-0.2, 0) is 17.6 Å². The van der Waals surface area contributed by atoms with E-state index in [9.17, 15) is 14.0 Å². The minimum absolute atomic E-state index is 0.145. The molecule has 5 rings (SSSR count). The molecular weight excluding hydrogens is 521 g/mol. The van der Waals surface area contributed by atoms with Crippen LogP contribution in [0.15, 0.2) is 47.8 Å². The van der Waals surface area contributed by atoms with Gasteiger partial charge in [-0.2, -0.15) is 10.1 Å². The zero-order chi connectivity index (χ0) is 27.8. The third-order valence-electron chi connectivity index (χ3n) is 7.11. The Morgan fingerprint density at radius 2 is 2.00 bits per heavy atom. The molecule has 1 saturated heterocycles. The molecule has 1 aromatic carbocycles. The number of pyridine rings is 1. The van der Waals surface area contributed by atoms with E-state index in [1.165, 1.54) is 16.7 Å². The fraction of sp³-hybridized carbons (Fsp3) is 0.321. The third kappa shape index (κ3) is 4.58. The lowest BCUT2D eigenvalue weighted by Gasteiger charge is -2.40. The smallest absolute Gasteiger partial charge is 0.350 e. The van der Waals surface area contributed by atoms with Crippen molar-refractivity contribution < 1.29 is 9.18 Å². The van der Waals surface area contributed by atoms with E-state index >= 15 is 0 Å². The Morgan fingerprint density at radius 1 is 1.23 bits per heavy atom. The van der Waals surface area contributed by atoms with Crippen LogP contribution in [0.25, 0.3) is 28.0 Å². The summed E-state index contributed by atoms with van der Waals surface area (Å²) in [7, 11) is 0. The highest BCUT2D eigenvalue weighted by molar-refractivity contribution is 6.33. The molecule has 202 valence electrons. The average molecular weight is 550 g/mol. The first-order valence-electron chi connectivity index (χ1n) is 12.9. The maximum Gasteiger partial charge on any atom is 0.355 e. The summed E-state index contributed by atoms with van der Waals surface area (Å²) in [5, 5.41) is 8.22. The summed E-state index contributed by atoms with van der Waals surface area (Å²) in [6.07, 6.45) is 2.47. The molecule has 9 nitrogen and oxygen atoms in total. The van der Waals surface area contributed by atoms with Crippen LogP contribution in [0.3, 0.4) is 0 Å². The Kier molecular flexibility index (Phi) is 7.22. The molecule has 1 amide bonds. The number of amides is 1. The lowest BCUT2D eigenvalue weighted by atomic mass is 10.1. The summed E-state index contributed by atoms with van der Waals surface area (Å²) >= 11 is 6.73. The Hall–Kier alpha value is -4.05. The molecule has 0 unspecified atom stereocenters. The van der Waals surface area contributed by atoms with Gasteiger partial charge in [-0.05, 0) is 44.0 Å². The van der Waals surface area contributed by atoms with E-state index in [0.717, 1.165) is 5.69 Å². The van der Waals surface area contributed by atoms with E-state index in [1.54, 1.807) is 29.2 Å². The number of nitrogens with one attached hydrogen (secondary N) is 1. The van der Waals surface area contributed by atoms with Gasteiger partial charge in [0.1, 0.15) is 11.6 Å². The van der Waals surface area contributed by atoms with Gasteiger partial charge in [0, 0.05) is 31.2 Å². The van der Waals surface area contributed by atoms with Gasteiger partial charge < -0.3 is 9.80 Å². The molecule has 0 aliphatic carbocycles. The lowest BCUT2D eigenvalue weighted by Crippen LogP contribution is -2.54. The highest BCUT2D eigenvalue weighted by Gasteiger charge is 2.30. The highest BCUT2D eigenvalue weighted by Crippen LogP contribution is 2.35. The Labute approximate surface area is 229 Å². The van der Waals surface area contributed by atoms with Crippen LogP contribution < -0.4 is 10.6 Å². The van der Waals surface area contributed by atoms with Gasteiger partial charge in [0.25, 0.3) is 0 Å². The fourth-order valence-corrected chi connectivity index (χ4v) is 5.39. The first-order valence-corrected chi connectivity index (χ1v) is 13.3. The summed E-state index contributed by atoms with van der Waals surface area (Å²) in [4.78, 5) is 39.1. The van der Waals surface area contributed by atoms with Crippen molar-refractivity contribution in [2.24, 2.45) is 0 Å². The van der Waals surface area contributed by atoms with Gasteiger partial charge in [-0.25, -0.2) is 18.7 Å². The van der Waals surface area contributed by atoms with Crippen LogP contribution >= 0.6 is 11.6 Å². The average Bonchev–Trinajstić information content (AvgIpc) is 3.35. The number of halogens is 2. The van der Waals surface area contributed by atoms with E-state index < -0.39 is 11.5 Å². The SMILES string of the molecule is C=CC(=O)N1CCN(c2nc(=O)n(-c3c(CC)n[nH]c3CC)c3nc(-c4ccccc4F)c(Cl)cc23)[C@@H](C)C1. The molecule has 0 saturated carbocycles. The number of anilines is 1. The summed E-state index contributed by atoms with van der Waals surface area (Å²) in [6.45, 7) is 10.8. The number of hydrogen-bond donors (Lipinski definition) is 1. The molecule has 3 aromatic heterocycles. The lowest BCUT2D eigenvalue weighted by molar-refractivity contribution is -0.126. The van der Waals surface area contributed by atoms with Crippen LogP contribution in [0.2, 0.25) is 5.02 Å². The third-order valence-corrected chi connectivity index (χ3v) is 7.40. The van der Waals surface area contributed by atoms with Crippen molar-refractivity contribution in [1.82, 2.24) is 29.6 Å². The number of carbonyl (C=O) groups excluding carboxylic acids is 1. The number of nitrogens with zero attached hydrogens (tertiary/aromatic N) is 6. The molecule has 0 bridgehead atoms. The van der Waals surface area contributed by atoms with E-state index in [4.69, 9.17) is 16.6 Å². The number of aromatic nitrogens is 5. The number of benzene rings is 1. The topological polar surface area (TPSA) is 100 Å². The number of H-pyrrole nitrogens is 1. The van der Waals surface area contributed by atoms with Crippen molar-refractivity contribution in [3.05, 3.63) is 75.7 Å². The second kappa shape index (κ2) is 10.6. The van der Waals surface area contributed by atoms with Crippen LogP contribution in [0.4, 0.5) is 10.2 Å². The number of fused-ring (bicyclic) bond motifs is 1. The van der Waals surface area contributed by atoms with Crippen LogP contribution in [0, 0.1) is 5.82 Å². The largest absolute Gasteiger partial charge is 0.355 e. The zero-order valence-electron chi connectivity index (χ0n) is 22.0. The minimum atomic E-state index is -0.533. The van der Waals surface area contributed by atoms with Crippen molar-refractivity contribution in [1.29, 1.82) is 0 Å². The number of aromatic amines is 1. The number of rotatable bonds is 6. The molecule has 0 spiro atoms. The summed E-state index contributed by atoms with van der Waals surface area (Å²) in [6, 6.07) is 7.79. The van der Waals surface area contributed by atoms with E-state index in [1.807, 2.05) is 25.7 Å². The maximum atomic E-state index is 14.9. The van der Waals surface area contributed by atoms with Gasteiger partial charge in [-0.1, -0.05) is 44.2 Å². The van der Waals surface area contributed by atoms with Gasteiger partial charge in [-0.3, -0.25) is 9.89 Å². The second-order valence-electron chi connectivity index (χ2n) is 9.46. The Morgan fingerprint density at radius 3 is 2.67 bits per heavy atom. The predicted molar refractivity (Wildman–Crippen MR) is 150 cm³/mol. The van der Waals surface area contributed by atoms with Crippen molar-refractivity contribution in [3.63, 3.8) is 0 Å². The highest BCUT2D eigenvalue weighted by atomic mass is 35.5. The molecule has 1 N–H and O–H groups in total. The summed E-state index contributed by atoms with van der Waals surface area (Å²) in [5.41, 5.74) is 2.27. The number of hydrogen-bond acceptors (Lipinski definition) is 6. The number of piperazine rings is 1. The summed E-state index contributed by atoms with van der Waals surface area (Å²) in [5.74, 6) is -0.204. The molecule has 1 aliphatic rings. The Balaban J connectivity index is 1.79. The first-order chi connectivity index (χ1) is 18.8. The zero-order valence-corrected chi connectivity index (χ0v) is 22.8. The first kappa shape index (κ1) is 26.6. The van der Waals surface area contributed by atoms with Gasteiger partial charge in [0.2, 0.25) is 5.91 Å². The van der Waals surface area contributed by atoms with Crippen molar-refractivity contribution in [2.75, 3.05) is 24.5 Å². The van der Waals surface area contributed by atoms with Gasteiger partial charge in [0.15, 0.2) is 5.65 Å². The standard InChI is InChI=1S/C28H29ClFN7O2/c1-5-21-25(22(6-2)34-33-21)37-27-18(14-19(29)24(31-27)17-10-8-9-11-20(17)30)26(32-28(37)39)36-13-12-35(15-16(36)4)23(38)7-3/h7-11,14,16H,3,5-6,12-13,15H2,1-2,4H3,(H,33,34)/t16-/m0/s1. The van der Waals surface area contributed by atoms with Crippen LogP contribution in [-0.4, -0.2) is 61.2 Å². The molecule has 1 atom stereocenters. The predicted octanol–water partition coefficient (Wildman–Crippen LogP) is 4.31. The fourth-order valence-electron chi connectivity index (χ4n) is 5.14. The van der Waals surface area contributed by atoms with E-state index in [-0.39, 0.29) is 28.2 Å². The van der Waals surface area contributed by atoms with E-state index in [2.05, 4.69) is 21.8 Å². The van der Waals surface area contributed by atoms with Gasteiger partial charge in [0.05, 0.1) is 33.2 Å². The molecule has 1 aliphatic heterocycles. The summed E-state index contributed by atoms with van der Waals surface area (Å²) < 4.78 is 16.3. The molecule has 0 radical (unpaired) electrons. The van der Waals surface area contributed by atoms with Gasteiger partial charge in [-0.15, -0.1) is 0 Å². The van der Waals surface area contributed by atoms with Gasteiger partial charge >= 0.3 is 5.69 Å². The Bertz CT molecular complexity index is 1630. The number of aryl methyl sites for hydroxylation is 2. The molecular formula is C28H29ClFN7O2. The molecule has 1 fully saturated rings. The molecule has 4 aromatic rings. The second-order valence-corrected chi connectivity index (χ2v) is 9.87. The molecule has 39 heavy (non-hydrogen) atoms. The van der Waals surface area contributed by atoms with Crippen molar-refractivity contribution in [3.8, 4) is 16.9 Å². The quantitative estimate of drug-likeness (QED) is 0.360. The van der Waals surface area contributed by atoms with Crippen LogP contribution in [0.1, 0.15) is 32.2 Å². The monoisotopic (exact) mass is 549 g/mol. The van der Waals surface area contributed by atoms with Crippen molar-refractivity contribution >= 4 is 34.4 Å². The number of carbonyl (C=O) groups is 1. The van der Waals surface area contributed by atoms with Crippen molar-refractivity contribution in [2.45, 2.75) is 39.7 Å². The normalized spacial score (nSPS) is 15.7. The molecule has 4 heterocycles. The molecule has 11 heteroatoms. The minimum Gasteiger partial charge on any atom is -0.350 e.